The molecular weight excluding hydrogens is 362 g/mol. The van der Waals surface area contributed by atoms with Gasteiger partial charge in [-0.15, -0.1) is 0 Å². The minimum absolute atomic E-state index is 0.160. The molecule has 1 fully saturated rings. The predicted molar refractivity (Wildman–Crippen MR) is 112 cm³/mol. The molecule has 0 radical (unpaired) electrons. The van der Waals surface area contributed by atoms with Crippen molar-refractivity contribution in [1.82, 2.24) is 4.90 Å². The van der Waals surface area contributed by atoms with Crippen molar-refractivity contribution in [3.63, 3.8) is 0 Å². The van der Waals surface area contributed by atoms with Crippen LogP contribution in [0.1, 0.15) is 44.7 Å². The molecule has 1 amide bonds. The van der Waals surface area contributed by atoms with Crippen molar-refractivity contribution in [2.24, 2.45) is 0 Å². The number of benzene rings is 3. The van der Waals surface area contributed by atoms with E-state index in [1.54, 1.807) is 41.3 Å². The molecule has 0 aromatic heterocycles. The fraction of sp³-hybridized carbons (Fsp3) is 0.200. The van der Waals surface area contributed by atoms with E-state index in [2.05, 4.69) is 0 Å². The first-order chi connectivity index (χ1) is 14.1. The van der Waals surface area contributed by atoms with Crippen LogP contribution in [0.3, 0.4) is 0 Å². The Morgan fingerprint density at radius 2 is 1.24 bits per heavy atom. The van der Waals surface area contributed by atoms with Crippen LogP contribution in [0, 0.1) is 0 Å². The van der Waals surface area contributed by atoms with Crippen LogP contribution in [0.4, 0.5) is 0 Å². The second-order valence-corrected chi connectivity index (χ2v) is 7.43. The van der Waals surface area contributed by atoms with Crippen molar-refractivity contribution >= 4 is 11.7 Å². The fourth-order valence-corrected chi connectivity index (χ4v) is 3.90. The number of piperidine rings is 1. The standard InChI is InChI=1S/C25H23NO3/c27-23(19-9-3-1-4-10-19)21-13-7-8-14-22(21)24(28)26-17-15-25(29,16-18-26)20-11-5-2-6-12-20/h1-14,29H,15-18H2. The number of hydrogen-bond donors (Lipinski definition) is 1. The SMILES string of the molecule is O=C(c1ccccc1)c1ccccc1C(=O)N1CCC(O)(c2ccccc2)CC1. The molecule has 0 unspecified atom stereocenters. The van der Waals surface area contributed by atoms with Crippen molar-refractivity contribution in [3.8, 4) is 0 Å². The highest BCUT2D eigenvalue weighted by atomic mass is 16.3. The quantitative estimate of drug-likeness (QED) is 0.690. The molecule has 4 nitrogen and oxygen atoms in total. The highest BCUT2D eigenvalue weighted by Crippen LogP contribution is 2.33. The average Bonchev–Trinajstić information content (AvgIpc) is 2.80. The van der Waals surface area contributed by atoms with Gasteiger partial charge in [0.2, 0.25) is 0 Å². The minimum Gasteiger partial charge on any atom is -0.385 e. The Bertz CT molecular complexity index is 1010. The summed E-state index contributed by atoms with van der Waals surface area (Å²) in [7, 11) is 0. The highest BCUT2D eigenvalue weighted by Gasteiger charge is 2.36. The molecule has 29 heavy (non-hydrogen) atoms. The number of nitrogens with zero attached hydrogens (tertiary/aromatic N) is 1. The Labute approximate surface area is 170 Å². The Morgan fingerprint density at radius 3 is 1.86 bits per heavy atom. The predicted octanol–water partition coefficient (Wildman–Crippen LogP) is 4.04. The van der Waals surface area contributed by atoms with Crippen molar-refractivity contribution in [2.75, 3.05) is 13.1 Å². The third-order valence-corrected chi connectivity index (χ3v) is 5.63. The van der Waals surface area contributed by atoms with Crippen LogP contribution >= 0.6 is 0 Å². The number of ketones is 1. The lowest BCUT2D eigenvalue weighted by Gasteiger charge is -2.38. The molecule has 3 aromatic rings. The summed E-state index contributed by atoms with van der Waals surface area (Å²) in [4.78, 5) is 27.9. The summed E-state index contributed by atoms with van der Waals surface area (Å²) in [6.07, 6.45) is 0.940. The molecular formula is C25H23NO3. The molecule has 1 aliphatic rings. The van der Waals surface area contributed by atoms with Gasteiger partial charge in [-0.05, 0) is 24.5 Å². The van der Waals surface area contributed by atoms with Crippen LogP contribution in [-0.4, -0.2) is 34.8 Å². The number of hydrogen-bond acceptors (Lipinski definition) is 3. The molecule has 1 heterocycles. The van der Waals surface area contributed by atoms with Gasteiger partial charge in [0, 0.05) is 24.2 Å². The Balaban J connectivity index is 1.54. The van der Waals surface area contributed by atoms with Gasteiger partial charge in [-0.25, -0.2) is 0 Å². The van der Waals surface area contributed by atoms with E-state index >= 15 is 0 Å². The molecule has 0 bridgehead atoms. The number of rotatable bonds is 4. The molecule has 3 aromatic carbocycles. The van der Waals surface area contributed by atoms with Crippen LogP contribution in [0.5, 0.6) is 0 Å². The topological polar surface area (TPSA) is 57.6 Å². The van der Waals surface area contributed by atoms with Gasteiger partial charge in [-0.1, -0.05) is 78.9 Å². The third-order valence-electron chi connectivity index (χ3n) is 5.63. The first-order valence-electron chi connectivity index (χ1n) is 9.84. The summed E-state index contributed by atoms with van der Waals surface area (Å²) in [5.41, 5.74) is 1.34. The van der Waals surface area contributed by atoms with E-state index in [0.717, 1.165) is 5.56 Å². The summed E-state index contributed by atoms with van der Waals surface area (Å²) in [6.45, 7) is 0.885. The zero-order valence-electron chi connectivity index (χ0n) is 16.1. The third kappa shape index (κ3) is 3.84. The maximum absolute atomic E-state index is 13.2. The monoisotopic (exact) mass is 385 g/mol. The Morgan fingerprint density at radius 1 is 0.724 bits per heavy atom. The molecule has 146 valence electrons. The van der Waals surface area contributed by atoms with E-state index in [9.17, 15) is 14.7 Å². The van der Waals surface area contributed by atoms with Gasteiger partial charge in [-0.3, -0.25) is 9.59 Å². The number of likely N-dealkylation sites (tertiary alicyclic amines) is 1. The van der Waals surface area contributed by atoms with Crippen molar-refractivity contribution in [1.29, 1.82) is 0 Å². The molecule has 4 rings (SSSR count). The smallest absolute Gasteiger partial charge is 0.254 e. The molecule has 0 atom stereocenters. The molecule has 0 spiro atoms. The van der Waals surface area contributed by atoms with Crippen molar-refractivity contribution < 1.29 is 14.7 Å². The van der Waals surface area contributed by atoms with E-state index < -0.39 is 5.60 Å². The lowest BCUT2D eigenvalue weighted by molar-refractivity contribution is -0.0211. The number of aliphatic hydroxyl groups is 1. The van der Waals surface area contributed by atoms with E-state index in [-0.39, 0.29) is 11.7 Å². The van der Waals surface area contributed by atoms with Crippen molar-refractivity contribution in [3.05, 3.63) is 107 Å². The van der Waals surface area contributed by atoms with Gasteiger partial charge in [0.25, 0.3) is 5.91 Å². The van der Waals surface area contributed by atoms with Crippen LogP contribution < -0.4 is 0 Å². The van der Waals surface area contributed by atoms with Gasteiger partial charge >= 0.3 is 0 Å². The van der Waals surface area contributed by atoms with Gasteiger partial charge in [0.1, 0.15) is 0 Å². The summed E-state index contributed by atoms with van der Waals surface area (Å²) >= 11 is 0. The molecule has 0 aliphatic carbocycles. The van der Waals surface area contributed by atoms with Crippen LogP contribution in [-0.2, 0) is 5.60 Å². The summed E-state index contributed by atoms with van der Waals surface area (Å²) in [5.74, 6) is -0.327. The minimum atomic E-state index is -0.919. The lowest BCUT2D eigenvalue weighted by Crippen LogP contribution is -2.45. The molecule has 4 heteroatoms. The molecule has 0 saturated carbocycles. The zero-order chi connectivity index (χ0) is 20.3. The number of amides is 1. The van der Waals surface area contributed by atoms with Crippen LogP contribution in [0.15, 0.2) is 84.9 Å². The second-order valence-electron chi connectivity index (χ2n) is 7.43. The van der Waals surface area contributed by atoms with E-state index in [4.69, 9.17) is 0 Å². The summed E-state index contributed by atoms with van der Waals surface area (Å²) in [5, 5.41) is 11.0. The van der Waals surface area contributed by atoms with Gasteiger partial charge in [0.05, 0.1) is 11.2 Å². The first kappa shape index (κ1) is 19.1. The van der Waals surface area contributed by atoms with E-state index in [1.807, 2.05) is 48.5 Å². The average molecular weight is 385 g/mol. The lowest BCUT2D eigenvalue weighted by atomic mass is 9.84. The normalized spacial score (nSPS) is 15.7. The highest BCUT2D eigenvalue weighted by molar-refractivity contribution is 6.15. The maximum Gasteiger partial charge on any atom is 0.254 e. The number of carbonyl (C=O) groups excluding carboxylic acids is 2. The summed E-state index contributed by atoms with van der Waals surface area (Å²) < 4.78 is 0. The van der Waals surface area contributed by atoms with Gasteiger partial charge in [0.15, 0.2) is 5.78 Å². The Kier molecular flexibility index (Phi) is 5.28. The van der Waals surface area contributed by atoms with Crippen LogP contribution in [0.2, 0.25) is 0 Å². The van der Waals surface area contributed by atoms with E-state index in [0.29, 0.717) is 42.6 Å². The number of carbonyl (C=O) groups is 2. The molecule has 1 N–H and O–H groups in total. The van der Waals surface area contributed by atoms with Crippen LogP contribution in [0.25, 0.3) is 0 Å². The molecule has 1 saturated heterocycles. The molecule has 1 aliphatic heterocycles. The second kappa shape index (κ2) is 8.02. The largest absolute Gasteiger partial charge is 0.385 e. The maximum atomic E-state index is 13.2. The summed E-state index contributed by atoms with van der Waals surface area (Å²) in [6, 6.07) is 25.5. The fourth-order valence-electron chi connectivity index (χ4n) is 3.90. The van der Waals surface area contributed by atoms with Gasteiger partial charge in [-0.2, -0.15) is 0 Å². The van der Waals surface area contributed by atoms with Crippen molar-refractivity contribution in [2.45, 2.75) is 18.4 Å². The van der Waals surface area contributed by atoms with Gasteiger partial charge < -0.3 is 10.0 Å². The Hall–Kier alpha value is -3.24. The first-order valence-corrected chi connectivity index (χ1v) is 9.84. The van der Waals surface area contributed by atoms with E-state index in [1.165, 1.54) is 0 Å². The zero-order valence-corrected chi connectivity index (χ0v) is 16.1.